The van der Waals surface area contributed by atoms with E-state index in [1.807, 2.05) is 18.2 Å². The summed E-state index contributed by atoms with van der Waals surface area (Å²) in [7, 11) is 0. The largest absolute Gasteiger partial charge is 0.397 e. The Hall–Kier alpha value is -1.42. The van der Waals surface area contributed by atoms with Gasteiger partial charge < -0.3 is 21.5 Å². The van der Waals surface area contributed by atoms with Crippen LogP contribution in [0.4, 0.5) is 17.1 Å². The smallest absolute Gasteiger partial charge is 0.0568 e. The maximum Gasteiger partial charge on any atom is 0.0568 e. The van der Waals surface area contributed by atoms with Crippen molar-refractivity contribution >= 4 is 17.1 Å². The van der Waals surface area contributed by atoms with E-state index in [4.69, 9.17) is 16.2 Å². The Labute approximate surface area is 96.0 Å². The van der Waals surface area contributed by atoms with Crippen LogP contribution >= 0.6 is 0 Å². The molecule has 0 aliphatic carbocycles. The molecule has 0 saturated carbocycles. The van der Waals surface area contributed by atoms with Gasteiger partial charge in [-0.2, -0.15) is 0 Å². The van der Waals surface area contributed by atoms with E-state index in [-0.39, 0.29) is 0 Å². The molecule has 1 aromatic carbocycles. The van der Waals surface area contributed by atoms with E-state index < -0.39 is 0 Å². The van der Waals surface area contributed by atoms with Gasteiger partial charge in [-0.1, -0.05) is 0 Å². The van der Waals surface area contributed by atoms with E-state index in [1.54, 1.807) is 0 Å². The molecular formula is C12H19N3O. The van der Waals surface area contributed by atoms with Crippen LogP contribution in [0.2, 0.25) is 0 Å². The van der Waals surface area contributed by atoms with Crippen LogP contribution in [0.1, 0.15) is 12.8 Å². The molecule has 0 aromatic heterocycles. The highest BCUT2D eigenvalue weighted by Crippen LogP contribution is 2.20. The standard InChI is InChI=1S/C12H19N3O/c13-11-2-1-10(7-12(11)14)15-5-3-9-4-6-16-8-9/h1-2,7,9,15H,3-6,8,13-14H2. The van der Waals surface area contributed by atoms with Crippen LogP contribution in [-0.4, -0.2) is 19.8 Å². The van der Waals surface area contributed by atoms with E-state index in [0.717, 1.165) is 31.9 Å². The average molecular weight is 221 g/mol. The predicted octanol–water partition coefficient (Wildman–Crippen LogP) is 1.69. The Morgan fingerprint density at radius 3 is 2.88 bits per heavy atom. The van der Waals surface area contributed by atoms with Gasteiger partial charge >= 0.3 is 0 Å². The van der Waals surface area contributed by atoms with E-state index >= 15 is 0 Å². The third kappa shape index (κ3) is 2.79. The third-order valence-corrected chi connectivity index (χ3v) is 2.99. The van der Waals surface area contributed by atoms with Crippen LogP contribution in [0, 0.1) is 5.92 Å². The number of hydrogen-bond donors (Lipinski definition) is 3. The van der Waals surface area contributed by atoms with Crippen molar-refractivity contribution < 1.29 is 4.74 Å². The average Bonchev–Trinajstić information content (AvgIpc) is 2.76. The molecule has 4 heteroatoms. The molecule has 1 fully saturated rings. The third-order valence-electron chi connectivity index (χ3n) is 2.99. The molecule has 1 aromatic rings. The van der Waals surface area contributed by atoms with Gasteiger partial charge in [-0.25, -0.2) is 0 Å². The molecule has 4 nitrogen and oxygen atoms in total. The molecule has 0 amide bonds. The SMILES string of the molecule is Nc1ccc(NCCC2CCOC2)cc1N. The van der Waals surface area contributed by atoms with E-state index in [1.165, 1.54) is 6.42 Å². The Morgan fingerprint density at radius 1 is 1.31 bits per heavy atom. The molecule has 1 aliphatic rings. The van der Waals surface area contributed by atoms with E-state index in [0.29, 0.717) is 17.3 Å². The van der Waals surface area contributed by atoms with Gasteiger partial charge in [-0.05, 0) is 37.0 Å². The summed E-state index contributed by atoms with van der Waals surface area (Å²) < 4.78 is 5.33. The Kier molecular flexibility index (Phi) is 3.51. The molecule has 1 heterocycles. The molecule has 16 heavy (non-hydrogen) atoms. The number of nitrogen functional groups attached to an aromatic ring is 2. The van der Waals surface area contributed by atoms with Crippen LogP contribution in [0.25, 0.3) is 0 Å². The lowest BCUT2D eigenvalue weighted by Crippen LogP contribution is -2.09. The molecule has 5 N–H and O–H groups in total. The summed E-state index contributed by atoms with van der Waals surface area (Å²) >= 11 is 0. The fourth-order valence-corrected chi connectivity index (χ4v) is 1.92. The van der Waals surface area contributed by atoms with Crippen molar-refractivity contribution in [1.29, 1.82) is 0 Å². The molecule has 2 rings (SSSR count). The number of benzene rings is 1. The van der Waals surface area contributed by atoms with Crippen LogP contribution in [-0.2, 0) is 4.74 Å². The maximum atomic E-state index is 5.73. The van der Waals surface area contributed by atoms with Gasteiger partial charge in [-0.15, -0.1) is 0 Å². The number of nitrogens with two attached hydrogens (primary N) is 2. The molecular weight excluding hydrogens is 202 g/mol. The number of ether oxygens (including phenoxy) is 1. The topological polar surface area (TPSA) is 73.3 Å². The Balaban J connectivity index is 1.78. The lowest BCUT2D eigenvalue weighted by atomic mass is 10.1. The monoisotopic (exact) mass is 221 g/mol. The molecule has 1 unspecified atom stereocenters. The van der Waals surface area contributed by atoms with Crippen molar-refractivity contribution in [2.75, 3.05) is 36.5 Å². The number of rotatable bonds is 4. The van der Waals surface area contributed by atoms with Gasteiger partial charge in [0, 0.05) is 25.4 Å². The lowest BCUT2D eigenvalue weighted by Gasteiger charge is -2.10. The molecule has 88 valence electrons. The van der Waals surface area contributed by atoms with Gasteiger partial charge in [0.25, 0.3) is 0 Å². The zero-order valence-corrected chi connectivity index (χ0v) is 9.41. The first kappa shape index (κ1) is 11.1. The van der Waals surface area contributed by atoms with Crippen molar-refractivity contribution in [3.8, 4) is 0 Å². The van der Waals surface area contributed by atoms with E-state index in [9.17, 15) is 0 Å². The maximum absolute atomic E-state index is 5.73. The second-order valence-corrected chi connectivity index (χ2v) is 4.29. The lowest BCUT2D eigenvalue weighted by molar-refractivity contribution is 0.185. The summed E-state index contributed by atoms with van der Waals surface area (Å²) in [5.41, 5.74) is 13.7. The minimum absolute atomic E-state index is 0.634. The summed E-state index contributed by atoms with van der Waals surface area (Å²) in [6, 6.07) is 5.66. The quantitative estimate of drug-likeness (QED) is 0.676. The second-order valence-electron chi connectivity index (χ2n) is 4.29. The van der Waals surface area contributed by atoms with Crippen LogP contribution in [0.5, 0.6) is 0 Å². The second kappa shape index (κ2) is 5.07. The van der Waals surface area contributed by atoms with Crippen molar-refractivity contribution in [1.82, 2.24) is 0 Å². The first-order chi connectivity index (χ1) is 7.75. The molecule has 1 aliphatic heterocycles. The summed E-state index contributed by atoms with van der Waals surface area (Å²) in [4.78, 5) is 0. The molecule has 1 saturated heterocycles. The fraction of sp³-hybridized carbons (Fsp3) is 0.500. The van der Waals surface area contributed by atoms with Crippen LogP contribution in [0.15, 0.2) is 18.2 Å². The summed E-state index contributed by atoms with van der Waals surface area (Å²) in [5, 5.41) is 3.35. The highest BCUT2D eigenvalue weighted by atomic mass is 16.5. The van der Waals surface area contributed by atoms with Gasteiger partial charge in [0.15, 0.2) is 0 Å². The normalized spacial score (nSPS) is 19.9. The zero-order chi connectivity index (χ0) is 11.4. The predicted molar refractivity (Wildman–Crippen MR) is 67.3 cm³/mol. The minimum atomic E-state index is 0.634. The van der Waals surface area contributed by atoms with Crippen molar-refractivity contribution in [2.24, 2.45) is 5.92 Å². The van der Waals surface area contributed by atoms with Gasteiger partial charge in [0.2, 0.25) is 0 Å². The highest BCUT2D eigenvalue weighted by molar-refractivity contribution is 5.69. The summed E-state index contributed by atoms with van der Waals surface area (Å²) in [5.74, 6) is 0.707. The number of nitrogens with one attached hydrogen (secondary N) is 1. The van der Waals surface area contributed by atoms with Crippen molar-refractivity contribution in [3.05, 3.63) is 18.2 Å². The molecule has 0 spiro atoms. The summed E-state index contributed by atoms with van der Waals surface area (Å²) in [6.07, 6.45) is 2.33. The highest BCUT2D eigenvalue weighted by Gasteiger charge is 2.14. The fourth-order valence-electron chi connectivity index (χ4n) is 1.92. The van der Waals surface area contributed by atoms with Crippen LogP contribution < -0.4 is 16.8 Å². The zero-order valence-electron chi connectivity index (χ0n) is 9.41. The Morgan fingerprint density at radius 2 is 2.19 bits per heavy atom. The van der Waals surface area contributed by atoms with Gasteiger partial charge in [-0.3, -0.25) is 0 Å². The van der Waals surface area contributed by atoms with Crippen molar-refractivity contribution in [3.63, 3.8) is 0 Å². The Bertz CT molecular complexity index is 348. The number of anilines is 3. The molecule has 0 bridgehead atoms. The number of hydrogen-bond acceptors (Lipinski definition) is 4. The minimum Gasteiger partial charge on any atom is -0.397 e. The molecule has 1 atom stereocenters. The summed E-state index contributed by atoms with van der Waals surface area (Å²) in [6.45, 7) is 2.78. The van der Waals surface area contributed by atoms with Gasteiger partial charge in [0.1, 0.15) is 0 Å². The van der Waals surface area contributed by atoms with E-state index in [2.05, 4.69) is 5.32 Å². The molecule has 0 radical (unpaired) electrons. The first-order valence-corrected chi connectivity index (χ1v) is 5.72. The van der Waals surface area contributed by atoms with Crippen LogP contribution in [0.3, 0.4) is 0 Å². The van der Waals surface area contributed by atoms with Crippen molar-refractivity contribution in [2.45, 2.75) is 12.8 Å². The first-order valence-electron chi connectivity index (χ1n) is 5.72. The van der Waals surface area contributed by atoms with Gasteiger partial charge in [0.05, 0.1) is 11.4 Å².